The molecule has 0 atom stereocenters. The number of carbonyl (C=O) groups is 1. The topological polar surface area (TPSA) is 76.1 Å². The molecule has 0 aromatic heterocycles. The number of nitriles is 1. The Morgan fingerprint density at radius 1 is 1.47 bits per heavy atom. The minimum absolute atomic E-state index is 0.0936. The van der Waals surface area contributed by atoms with Crippen molar-refractivity contribution in [2.75, 3.05) is 6.61 Å². The molecule has 0 unspecified atom stereocenters. The molecule has 0 bridgehead atoms. The van der Waals surface area contributed by atoms with Crippen LogP contribution < -0.4 is 10.5 Å². The number of nitrogens with two attached hydrogens (primary N) is 1. The molecule has 1 rings (SSSR count). The number of hydrogen-bond acceptors (Lipinski definition) is 3. The molecule has 0 aliphatic heterocycles. The van der Waals surface area contributed by atoms with Gasteiger partial charge in [-0.1, -0.05) is 5.92 Å². The number of nitrogens with zero attached hydrogens (tertiary/aromatic N) is 1. The molecular weight excluding hydrogens is 470 g/mol. The summed E-state index contributed by atoms with van der Waals surface area (Å²) in [6, 6.07) is 5.33. The van der Waals surface area contributed by atoms with Crippen molar-refractivity contribution in [3.8, 4) is 24.2 Å². The number of terminal acetylenes is 1. The van der Waals surface area contributed by atoms with Crippen LogP contribution in [0.4, 0.5) is 0 Å². The van der Waals surface area contributed by atoms with Crippen LogP contribution in [0.1, 0.15) is 5.56 Å². The second-order valence-electron chi connectivity index (χ2n) is 3.34. The van der Waals surface area contributed by atoms with Crippen molar-refractivity contribution < 1.29 is 9.53 Å². The molecule has 6 heteroatoms. The van der Waals surface area contributed by atoms with Crippen molar-refractivity contribution >= 4 is 57.2 Å². The zero-order valence-corrected chi connectivity index (χ0v) is 13.9. The molecule has 2 N–H and O–H groups in total. The zero-order valence-electron chi connectivity index (χ0n) is 9.61. The van der Waals surface area contributed by atoms with Crippen LogP contribution in [0.3, 0.4) is 0 Å². The molecule has 0 radical (unpaired) electrons. The van der Waals surface area contributed by atoms with E-state index in [-0.39, 0.29) is 12.2 Å². The van der Waals surface area contributed by atoms with Crippen molar-refractivity contribution in [1.82, 2.24) is 0 Å². The highest BCUT2D eigenvalue weighted by Crippen LogP contribution is 2.29. The van der Waals surface area contributed by atoms with Crippen LogP contribution in [0, 0.1) is 30.8 Å². The van der Waals surface area contributed by atoms with E-state index in [1.165, 1.54) is 6.08 Å². The molecule has 0 aliphatic carbocycles. The van der Waals surface area contributed by atoms with Crippen LogP contribution in [-0.4, -0.2) is 12.5 Å². The predicted molar refractivity (Wildman–Crippen MR) is 89.0 cm³/mol. The fourth-order valence-electron chi connectivity index (χ4n) is 1.24. The summed E-state index contributed by atoms with van der Waals surface area (Å²) in [6.07, 6.45) is 6.59. The van der Waals surface area contributed by atoms with E-state index in [0.717, 1.165) is 7.14 Å². The molecule has 0 fully saturated rings. The molecular formula is C13H8I2N2O2. The fraction of sp³-hybridized carbons (Fsp3) is 0.0769. The monoisotopic (exact) mass is 478 g/mol. The van der Waals surface area contributed by atoms with Crippen LogP contribution in [0.15, 0.2) is 17.7 Å². The number of carbonyl (C=O) groups excluding carboxylic acids is 1. The quantitative estimate of drug-likeness (QED) is 0.313. The third kappa shape index (κ3) is 4.40. The summed E-state index contributed by atoms with van der Waals surface area (Å²) in [5, 5.41) is 8.80. The maximum atomic E-state index is 11.0. The average molecular weight is 478 g/mol. The van der Waals surface area contributed by atoms with E-state index in [9.17, 15) is 4.79 Å². The third-order valence-electron chi connectivity index (χ3n) is 2.02. The van der Waals surface area contributed by atoms with Crippen molar-refractivity contribution in [1.29, 1.82) is 5.26 Å². The highest BCUT2D eigenvalue weighted by atomic mass is 127. The summed E-state index contributed by atoms with van der Waals surface area (Å²) < 4.78 is 7.10. The van der Waals surface area contributed by atoms with Gasteiger partial charge >= 0.3 is 0 Å². The zero-order chi connectivity index (χ0) is 14.4. The van der Waals surface area contributed by atoms with Gasteiger partial charge in [0, 0.05) is 0 Å². The van der Waals surface area contributed by atoms with E-state index < -0.39 is 5.91 Å². The molecule has 0 aliphatic rings. The van der Waals surface area contributed by atoms with Gasteiger partial charge in [0.15, 0.2) is 0 Å². The number of primary amides is 1. The predicted octanol–water partition coefficient (Wildman–Crippen LogP) is 2.30. The number of benzene rings is 1. The number of rotatable bonds is 4. The van der Waals surface area contributed by atoms with Crippen LogP contribution in [0.2, 0.25) is 0 Å². The van der Waals surface area contributed by atoms with E-state index in [0.29, 0.717) is 11.3 Å². The van der Waals surface area contributed by atoms with Crippen molar-refractivity contribution in [3.63, 3.8) is 0 Å². The van der Waals surface area contributed by atoms with Gasteiger partial charge in [-0.25, -0.2) is 0 Å². The Morgan fingerprint density at radius 3 is 2.47 bits per heavy atom. The average Bonchev–Trinajstić information content (AvgIpc) is 2.34. The van der Waals surface area contributed by atoms with E-state index >= 15 is 0 Å². The molecule has 0 spiro atoms. The third-order valence-corrected chi connectivity index (χ3v) is 3.62. The molecule has 0 saturated carbocycles. The number of halogens is 2. The summed E-state index contributed by atoms with van der Waals surface area (Å²) in [5.74, 6) is 2.34. The van der Waals surface area contributed by atoms with Gasteiger partial charge in [0.1, 0.15) is 24.0 Å². The summed E-state index contributed by atoms with van der Waals surface area (Å²) >= 11 is 4.20. The minimum Gasteiger partial charge on any atom is -0.479 e. The van der Waals surface area contributed by atoms with E-state index in [1.807, 2.05) is 0 Å². The van der Waals surface area contributed by atoms with Crippen LogP contribution in [0.5, 0.6) is 5.75 Å². The molecule has 0 heterocycles. The molecule has 0 saturated heterocycles. The fourth-order valence-corrected chi connectivity index (χ4v) is 3.37. The van der Waals surface area contributed by atoms with E-state index in [4.69, 9.17) is 22.2 Å². The first-order valence-corrected chi connectivity index (χ1v) is 7.12. The van der Waals surface area contributed by atoms with Gasteiger partial charge in [-0.15, -0.1) is 6.42 Å². The molecule has 1 aromatic carbocycles. The lowest BCUT2D eigenvalue weighted by molar-refractivity contribution is -0.114. The maximum Gasteiger partial charge on any atom is 0.259 e. The van der Waals surface area contributed by atoms with Gasteiger partial charge in [0.05, 0.1) is 7.14 Å². The lowest BCUT2D eigenvalue weighted by Gasteiger charge is -2.09. The second-order valence-corrected chi connectivity index (χ2v) is 5.66. The molecule has 1 amide bonds. The first-order valence-electron chi connectivity index (χ1n) is 4.96. The lowest BCUT2D eigenvalue weighted by atomic mass is 10.1. The summed E-state index contributed by atoms with van der Waals surface area (Å²) in [6.45, 7) is 0.186. The van der Waals surface area contributed by atoms with E-state index in [2.05, 4.69) is 51.1 Å². The van der Waals surface area contributed by atoms with Crippen molar-refractivity contribution in [3.05, 3.63) is 30.4 Å². The van der Waals surface area contributed by atoms with Crippen molar-refractivity contribution in [2.45, 2.75) is 0 Å². The molecule has 4 nitrogen and oxygen atoms in total. The Hall–Kier alpha value is -1.26. The van der Waals surface area contributed by atoms with Crippen LogP contribution in [-0.2, 0) is 4.79 Å². The highest BCUT2D eigenvalue weighted by molar-refractivity contribution is 14.1. The first kappa shape index (κ1) is 15.8. The normalized spacial score (nSPS) is 10.4. The lowest BCUT2D eigenvalue weighted by Crippen LogP contribution is -2.12. The number of amides is 1. The molecule has 19 heavy (non-hydrogen) atoms. The first-order chi connectivity index (χ1) is 8.99. The smallest absolute Gasteiger partial charge is 0.259 e. The summed E-state index contributed by atoms with van der Waals surface area (Å²) in [5.41, 5.74) is 5.70. The van der Waals surface area contributed by atoms with Crippen molar-refractivity contribution in [2.24, 2.45) is 5.73 Å². The van der Waals surface area contributed by atoms with Gasteiger partial charge in [-0.2, -0.15) is 5.26 Å². The molecule has 1 aromatic rings. The van der Waals surface area contributed by atoms with Gasteiger partial charge in [-0.3, -0.25) is 4.79 Å². The number of hydrogen-bond donors (Lipinski definition) is 1. The van der Waals surface area contributed by atoms with Gasteiger partial charge in [0.25, 0.3) is 5.91 Å². The standard InChI is InChI=1S/C13H8I2N2O2/c1-2-3-19-12-10(14)5-8(6-11(12)15)4-9(7-16)13(17)18/h1,4-6H,3H2,(H2,17,18)/b9-4+. The largest absolute Gasteiger partial charge is 0.479 e. The highest BCUT2D eigenvalue weighted by Gasteiger charge is 2.09. The Balaban J connectivity index is 3.19. The number of ether oxygens (including phenoxy) is 1. The van der Waals surface area contributed by atoms with Gasteiger partial charge in [0.2, 0.25) is 0 Å². The van der Waals surface area contributed by atoms with Crippen LogP contribution >= 0.6 is 45.2 Å². The second kappa shape index (κ2) is 7.36. The van der Waals surface area contributed by atoms with Gasteiger partial charge in [-0.05, 0) is 69.0 Å². The Bertz CT molecular complexity index is 602. The minimum atomic E-state index is -0.750. The van der Waals surface area contributed by atoms with Gasteiger partial charge < -0.3 is 10.5 Å². The Morgan fingerprint density at radius 2 is 2.05 bits per heavy atom. The van der Waals surface area contributed by atoms with Crippen LogP contribution in [0.25, 0.3) is 6.08 Å². The molecule has 96 valence electrons. The maximum absolute atomic E-state index is 11.0. The Labute approximate surface area is 138 Å². The SMILES string of the molecule is C#CCOc1c(I)cc(/C=C(\C#N)C(N)=O)cc1I. The van der Waals surface area contributed by atoms with E-state index in [1.54, 1.807) is 18.2 Å². The summed E-state index contributed by atoms with van der Waals surface area (Å²) in [7, 11) is 0. The Kier molecular flexibility index (Phi) is 6.12. The summed E-state index contributed by atoms with van der Waals surface area (Å²) in [4.78, 5) is 11.0.